The fourth-order valence-electron chi connectivity index (χ4n) is 6.40. The first-order valence-electron chi connectivity index (χ1n) is 13.5. The van der Waals surface area contributed by atoms with Gasteiger partial charge in [0.15, 0.2) is 23.1 Å². The van der Waals surface area contributed by atoms with Crippen molar-refractivity contribution in [3.63, 3.8) is 0 Å². The standard InChI is InChI=1S/C27H35FN8O3/c1-26(2)14-17(12-18-6-5-9-34(18)26)30-22-19(28)15-29-24(32-22)31-16-7-8-21-20(13-16)36-23(27(3,4)39-21)33-35(10-11-37)25(36)38/h7-8,13,15,17-18,37H,5-6,9-12,14H2,1-4H3,(H2,29,30,31,32). The van der Waals surface area contributed by atoms with Gasteiger partial charge in [-0.25, -0.2) is 23.4 Å². The number of fused-ring (bicyclic) bond motifs is 4. The molecule has 2 atom stereocenters. The number of benzene rings is 1. The first kappa shape index (κ1) is 25.8. The maximum atomic E-state index is 14.8. The number of hydrogen-bond acceptors (Lipinski definition) is 9. The van der Waals surface area contributed by atoms with Gasteiger partial charge in [0.25, 0.3) is 0 Å². The number of anilines is 3. The second-order valence-corrected chi connectivity index (χ2v) is 11.8. The van der Waals surface area contributed by atoms with Gasteiger partial charge in [-0.15, -0.1) is 0 Å². The normalized spacial score (nSPS) is 22.9. The van der Waals surface area contributed by atoms with Crippen LogP contribution in [0, 0.1) is 5.82 Å². The zero-order valence-corrected chi connectivity index (χ0v) is 22.7. The molecule has 208 valence electrons. The van der Waals surface area contributed by atoms with E-state index in [-0.39, 0.29) is 42.2 Å². The van der Waals surface area contributed by atoms with E-state index in [1.54, 1.807) is 18.2 Å². The largest absolute Gasteiger partial charge is 0.478 e. The summed E-state index contributed by atoms with van der Waals surface area (Å²) in [5.41, 5.74) is -0.0541. The van der Waals surface area contributed by atoms with Crippen molar-refractivity contribution < 1.29 is 14.2 Å². The average molecular weight is 539 g/mol. The van der Waals surface area contributed by atoms with Crippen LogP contribution in [0.15, 0.2) is 29.2 Å². The summed E-state index contributed by atoms with van der Waals surface area (Å²) in [6.07, 6.45) is 5.40. The van der Waals surface area contributed by atoms with E-state index in [1.165, 1.54) is 28.3 Å². The van der Waals surface area contributed by atoms with E-state index in [1.807, 2.05) is 13.8 Å². The molecule has 6 rings (SSSR count). The average Bonchev–Trinajstić information content (AvgIpc) is 3.48. The zero-order valence-electron chi connectivity index (χ0n) is 22.7. The van der Waals surface area contributed by atoms with Crippen molar-refractivity contribution in [2.24, 2.45) is 0 Å². The second-order valence-electron chi connectivity index (χ2n) is 11.8. The Balaban J connectivity index is 1.26. The highest BCUT2D eigenvalue weighted by atomic mass is 19.1. The number of aromatic nitrogens is 5. The molecule has 0 bridgehead atoms. The van der Waals surface area contributed by atoms with Crippen LogP contribution in [-0.2, 0) is 12.1 Å². The molecule has 2 saturated heterocycles. The lowest BCUT2D eigenvalue weighted by Crippen LogP contribution is -2.55. The fourth-order valence-corrected chi connectivity index (χ4v) is 6.40. The van der Waals surface area contributed by atoms with Crippen molar-refractivity contribution in [1.29, 1.82) is 0 Å². The van der Waals surface area contributed by atoms with E-state index in [0.29, 0.717) is 29.0 Å². The lowest BCUT2D eigenvalue weighted by molar-refractivity contribution is 0.0500. The molecule has 3 N–H and O–H groups in total. The summed E-state index contributed by atoms with van der Waals surface area (Å²) >= 11 is 0. The Kier molecular flexibility index (Phi) is 6.14. The number of rotatable bonds is 6. The van der Waals surface area contributed by atoms with E-state index < -0.39 is 11.4 Å². The number of ether oxygens (including phenoxy) is 1. The van der Waals surface area contributed by atoms with Gasteiger partial charge in [0, 0.05) is 23.3 Å². The Morgan fingerprint density at radius 3 is 2.87 bits per heavy atom. The third kappa shape index (κ3) is 4.55. The topological polar surface area (TPSA) is 122 Å². The molecule has 0 spiro atoms. The summed E-state index contributed by atoms with van der Waals surface area (Å²) in [6.45, 7) is 9.19. The molecule has 3 aliphatic heterocycles. The van der Waals surface area contributed by atoms with Gasteiger partial charge in [-0.05, 0) is 78.1 Å². The minimum atomic E-state index is -0.842. The van der Waals surface area contributed by atoms with Gasteiger partial charge in [0.2, 0.25) is 5.95 Å². The van der Waals surface area contributed by atoms with Crippen molar-refractivity contribution >= 4 is 17.5 Å². The Hall–Kier alpha value is -3.51. The van der Waals surface area contributed by atoms with Gasteiger partial charge in [-0.1, -0.05) is 0 Å². The number of nitrogens with zero attached hydrogens (tertiary/aromatic N) is 6. The Morgan fingerprint density at radius 2 is 2.08 bits per heavy atom. The fraction of sp³-hybridized carbons (Fsp3) is 0.556. The van der Waals surface area contributed by atoms with Crippen LogP contribution in [0.4, 0.5) is 21.8 Å². The van der Waals surface area contributed by atoms with Crippen molar-refractivity contribution in [2.75, 3.05) is 23.8 Å². The van der Waals surface area contributed by atoms with Gasteiger partial charge in [-0.2, -0.15) is 10.1 Å². The van der Waals surface area contributed by atoms with Crippen molar-refractivity contribution in [1.82, 2.24) is 29.2 Å². The van der Waals surface area contributed by atoms with Gasteiger partial charge in [0.1, 0.15) is 5.75 Å². The molecule has 1 aromatic carbocycles. The molecule has 3 aromatic rings. The predicted octanol–water partition coefficient (Wildman–Crippen LogP) is 3.14. The quantitative estimate of drug-likeness (QED) is 0.434. The van der Waals surface area contributed by atoms with Crippen LogP contribution >= 0.6 is 0 Å². The van der Waals surface area contributed by atoms with Gasteiger partial charge in [0.05, 0.1) is 25.0 Å². The summed E-state index contributed by atoms with van der Waals surface area (Å²) in [6, 6.07) is 5.92. The molecule has 2 fully saturated rings. The van der Waals surface area contributed by atoms with Gasteiger partial charge >= 0.3 is 5.69 Å². The third-order valence-electron chi connectivity index (χ3n) is 8.05. The predicted molar refractivity (Wildman–Crippen MR) is 144 cm³/mol. The Labute approximate surface area is 226 Å². The highest BCUT2D eigenvalue weighted by Crippen LogP contribution is 2.40. The van der Waals surface area contributed by atoms with E-state index >= 15 is 0 Å². The number of piperidine rings is 1. The second kappa shape index (κ2) is 9.30. The van der Waals surface area contributed by atoms with Crippen LogP contribution in [0.1, 0.15) is 59.2 Å². The van der Waals surface area contributed by atoms with E-state index in [2.05, 4.69) is 44.4 Å². The smallest absolute Gasteiger partial charge is 0.350 e. The molecule has 39 heavy (non-hydrogen) atoms. The van der Waals surface area contributed by atoms with Crippen LogP contribution in [0.3, 0.4) is 0 Å². The molecule has 11 nitrogen and oxygen atoms in total. The highest BCUT2D eigenvalue weighted by molar-refractivity contribution is 5.64. The number of halogens is 1. The number of aliphatic hydroxyl groups is 1. The molecule has 0 radical (unpaired) electrons. The summed E-state index contributed by atoms with van der Waals surface area (Å²) in [5.74, 6) is 0.864. The number of aliphatic hydroxyl groups excluding tert-OH is 1. The molecule has 3 aliphatic rings. The maximum Gasteiger partial charge on any atom is 0.350 e. The van der Waals surface area contributed by atoms with Gasteiger partial charge in [-0.3, -0.25) is 4.90 Å². The van der Waals surface area contributed by atoms with Crippen LogP contribution in [0.2, 0.25) is 0 Å². The van der Waals surface area contributed by atoms with Crippen LogP contribution < -0.4 is 21.1 Å². The minimum absolute atomic E-state index is 0.0450. The van der Waals surface area contributed by atoms with Crippen molar-refractivity contribution in [3.05, 3.63) is 46.5 Å². The molecule has 2 aromatic heterocycles. The molecule has 0 aliphatic carbocycles. The number of hydrogen-bond donors (Lipinski definition) is 3. The van der Waals surface area contributed by atoms with Crippen LogP contribution in [-0.4, -0.2) is 65.1 Å². The lowest BCUT2D eigenvalue weighted by atomic mass is 9.84. The molecule has 0 saturated carbocycles. The SMILES string of the molecule is CC1(C)Oc2ccc(Nc3ncc(F)c(NC4CC5CCCN5C(C)(C)C4)n3)cc2-n2c1nn(CCO)c2=O. The molecule has 0 amide bonds. The Bertz CT molecular complexity index is 1470. The van der Waals surface area contributed by atoms with Crippen molar-refractivity contribution in [3.8, 4) is 11.4 Å². The molecule has 12 heteroatoms. The summed E-state index contributed by atoms with van der Waals surface area (Å²) in [7, 11) is 0. The van der Waals surface area contributed by atoms with Gasteiger partial charge < -0.3 is 20.5 Å². The maximum absolute atomic E-state index is 14.8. The van der Waals surface area contributed by atoms with Crippen LogP contribution in [0.25, 0.3) is 5.69 Å². The molecular formula is C27H35FN8O3. The first-order valence-corrected chi connectivity index (χ1v) is 13.5. The van der Waals surface area contributed by atoms with E-state index in [0.717, 1.165) is 19.4 Å². The number of nitrogens with one attached hydrogen (secondary N) is 2. The third-order valence-corrected chi connectivity index (χ3v) is 8.05. The monoisotopic (exact) mass is 538 g/mol. The molecular weight excluding hydrogens is 503 g/mol. The Morgan fingerprint density at radius 1 is 1.26 bits per heavy atom. The minimum Gasteiger partial charge on any atom is -0.478 e. The summed E-state index contributed by atoms with van der Waals surface area (Å²) in [4.78, 5) is 24.3. The summed E-state index contributed by atoms with van der Waals surface area (Å²) < 4.78 is 23.7. The first-order chi connectivity index (χ1) is 18.6. The zero-order chi connectivity index (χ0) is 27.5. The molecule has 2 unspecified atom stereocenters. The van der Waals surface area contributed by atoms with E-state index in [4.69, 9.17) is 4.74 Å². The highest BCUT2D eigenvalue weighted by Gasteiger charge is 2.43. The van der Waals surface area contributed by atoms with E-state index in [9.17, 15) is 14.3 Å². The van der Waals surface area contributed by atoms with Crippen molar-refractivity contribution in [2.45, 2.75) is 83.1 Å². The lowest BCUT2D eigenvalue weighted by Gasteiger charge is -2.47. The molecule has 5 heterocycles. The van der Waals surface area contributed by atoms with Crippen LogP contribution in [0.5, 0.6) is 5.75 Å². The summed E-state index contributed by atoms with van der Waals surface area (Å²) in [5, 5.41) is 20.2.